The molecule has 0 aromatic heterocycles. The van der Waals surface area contributed by atoms with E-state index in [4.69, 9.17) is 0 Å². The zero-order valence-corrected chi connectivity index (χ0v) is 15.1. The zero-order chi connectivity index (χ0) is 17.7. The van der Waals surface area contributed by atoms with Gasteiger partial charge in [-0.1, -0.05) is 6.07 Å². The van der Waals surface area contributed by atoms with E-state index >= 15 is 0 Å². The Balaban J connectivity index is 2.20. The fourth-order valence-corrected chi connectivity index (χ4v) is 2.83. The summed E-state index contributed by atoms with van der Waals surface area (Å²) in [5, 5.41) is 2.73. The first kappa shape index (κ1) is 18.1. The van der Waals surface area contributed by atoms with Crippen molar-refractivity contribution in [3.8, 4) is 0 Å². The lowest BCUT2D eigenvalue weighted by atomic mass is 10.1. The van der Waals surface area contributed by atoms with E-state index in [0.717, 1.165) is 0 Å². The van der Waals surface area contributed by atoms with Gasteiger partial charge in [-0.2, -0.15) is 0 Å². The van der Waals surface area contributed by atoms with Crippen LogP contribution in [0, 0.1) is 5.82 Å². The number of hydrogen-bond acceptors (Lipinski definition) is 2. The van der Waals surface area contributed by atoms with Gasteiger partial charge in [0.05, 0.1) is 5.56 Å². The van der Waals surface area contributed by atoms with Gasteiger partial charge in [0.2, 0.25) is 0 Å². The van der Waals surface area contributed by atoms with Crippen LogP contribution in [0.5, 0.6) is 0 Å². The Morgan fingerprint density at radius 2 is 1.83 bits per heavy atom. The molecule has 0 aliphatic heterocycles. The van der Waals surface area contributed by atoms with Crippen molar-refractivity contribution in [3.63, 3.8) is 0 Å². The first-order valence-corrected chi connectivity index (χ1v) is 8.41. The van der Waals surface area contributed by atoms with Crippen molar-refractivity contribution in [1.29, 1.82) is 0 Å². The summed E-state index contributed by atoms with van der Waals surface area (Å²) in [5.74, 6) is -0.890. The predicted molar refractivity (Wildman–Crippen MR) is 95.7 cm³/mol. The van der Waals surface area contributed by atoms with Crippen molar-refractivity contribution in [3.05, 3.63) is 63.9 Å². The quantitative estimate of drug-likeness (QED) is 0.823. The molecule has 6 heteroatoms. The van der Waals surface area contributed by atoms with Crippen molar-refractivity contribution >= 4 is 33.4 Å². The molecule has 0 radical (unpaired) electrons. The third-order valence-electron chi connectivity index (χ3n) is 3.59. The van der Waals surface area contributed by atoms with Crippen LogP contribution in [0.25, 0.3) is 0 Å². The molecule has 1 N–H and O–H groups in total. The molecule has 0 spiro atoms. The Morgan fingerprint density at radius 1 is 1.12 bits per heavy atom. The van der Waals surface area contributed by atoms with Gasteiger partial charge in [0.25, 0.3) is 11.8 Å². The molecule has 126 valence electrons. The van der Waals surface area contributed by atoms with Crippen molar-refractivity contribution in [2.45, 2.75) is 13.8 Å². The number of amides is 2. The van der Waals surface area contributed by atoms with Crippen LogP contribution in [-0.2, 0) is 0 Å². The molecular weight excluding hydrogens is 375 g/mol. The molecule has 2 aromatic rings. The average Bonchev–Trinajstić information content (AvgIpc) is 2.56. The van der Waals surface area contributed by atoms with E-state index in [0.29, 0.717) is 34.4 Å². The second-order valence-corrected chi connectivity index (χ2v) is 5.99. The molecule has 0 heterocycles. The first-order chi connectivity index (χ1) is 11.5. The number of hydrogen-bond donors (Lipinski definition) is 1. The number of nitrogens with zero attached hydrogens (tertiary/aromatic N) is 1. The van der Waals surface area contributed by atoms with Crippen molar-refractivity contribution in [2.75, 3.05) is 18.4 Å². The van der Waals surface area contributed by atoms with Crippen molar-refractivity contribution < 1.29 is 14.0 Å². The minimum Gasteiger partial charge on any atom is -0.339 e. The van der Waals surface area contributed by atoms with E-state index in [1.54, 1.807) is 29.2 Å². The van der Waals surface area contributed by atoms with Gasteiger partial charge in [0.15, 0.2) is 0 Å². The summed E-state index contributed by atoms with van der Waals surface area (Å²) in [4.78, 5) is 26.4. The number of anilines is 1. The van der Waals surface area contributed by atoms with Crippen molar-refractivity contribution in [2.24, 2.45) is 0 Å². The molecular formula is C18H18BrFN2O2. The highest BCUT2D eigenvalue weighted by molar-refractivity contribution is 9.10. The third kappa shape index (κ3) is 4.20. The largest absolute Gasteiger partial charge is 0.339 e. The second kappa shape index (κ2) is 8.06. The third-order valence-corrected chi connectivity index (χ3v) is 4.25. The summed E-state index contributed by atoms with van der Waals surface area (Å²) in [6.07, 6.45) is 0. The summed E-state index contributed by atoms with van der Waals surface area (Å²) in [6, 6.07) is 10.6. The first-order valence-electron chi connectivity index (χ1n) is 7.62. The van der Waals surface area contributed by atoms with Crippen LogP contribution >= 0.6 is 15.9 Å². The monoisotopic (exact) mass is 392 g/mol. The summed E-state index contributed by atoms with van der Waals surface area (Å²) >= 11 is 3.17. The van der Waals surface area contributed by atoms with Gasteiger partial charge in [0.1, 0.15) is 5.82 Å². The fourth-order valence-electron chi connectivity index (χ4n) is 2.30. The van der Waals surface area contributed by atoms with Crippen LogP contribution in [0.15, 0.2) is 46.9 Å². The number of benzene rings is 2. The molecule has 0 saturated heterocycles. The van der Waals surface area contributed by atoms with Crippen molar-refractivity contribution in [1.82, 2.24) is 4.90 Å². The molecule has 2 rings (SSSR count). The van der Waals surface area contributed by atoms with Crippen LogP contribution in [0.1, 0.15) is 34.6 Å². The molecule has 0 aliphatic rings. The number of carbonyl (C=O) groups is 2. The molecule has 2 amide bonds. The lowest BCUT2D eigenvalue weighted by Gasteiger charge is -2.19. The Morgan fingerprint density at radius 3 is 2.46 bits per heavy atom. The SMILES string of the molecule is CCN(CC)C(=O)c1cccc(NC(=O)c2ccc(F)cc2Br)c1. The summed E-state index contributed by atoms with van der Waals surface area (Å²) in [6.45, 7) is 5.07. The standard InChI is InChI=1S/C18H18BrFN2O2/c1-3-22(4-2)18(24)12-6-5-7-14(10-12)21-17(23)15-9-8-13(20)11-16(15)19/h5-11H,3-4H2,1-2H3,(H,21,23). The summed E-state index contributed by atoms with van der Waals surface area (Å²) in [7, 11) is 0. The maximum Gasteiger partial charge on any atom is 0.256 e. The molecule has 0 fully saturated rings. The van der Waals surface area contributed by atoms with Crippen LogP contribution in [-0.4, -0.2) is 29.8 Å². The zero-order valence-electron chi connectivity index (χ0n) is 13.5. The van der Waals surface area contributed by atoms with E-state index in [2.05, 4.69) is 21.2 Å². The van der Waals surface area contributed by atoms with E-state index in [1.807, 2.05) is 13.8 Å². The highest BCUT2D eigenvalue weighted by Gasteiger charge is 2.15. The van der Waals surface area contributed by atoms with Crippen LogP contribution in [0.3, 0.4) is 0 Å². The Hall–Kier alpha value is -2.21. The lowest BCUT2D eigenvalue weighted by molar-refractivity contribution is 0.0772. The van der Waals surface area contributed by atoms with E-state index in [-0.39, 0.29) is 11.8 Å². The smallest absolute Gasteiger partial charge is 0.256 e. The molecule has 0 bridgehead atoms. The van der Waals surface area contributed by atoms with Gasteiger partial charge in [-0.25, -0.2) is 4.39 Å². The highest BCUT2D eigenvalue weighted by atomic mass is 79.9. The predicted octanol–water partition coefficient (Wildman–Crippen LogP) is 4.32. The van der Waals surface area contributed by atoms with Gasteiger partial charge in [-0.3, -0.25) is 9.59 Å². The minimum absolute atomic E-state index is 0.0842. The van der Waals surface area contributed by atoms with Crippen LogP contribution in [0.4, 0.5) is 10.1 Å². The Kier molecular flexibility index (Phi) is 6.09. The molecule has 0 unspecified atom stereocenters. The van der Waals surface area contributed by atoms with Gasteiger partial charge in [0, 0.05) is 28.8 Å². The second-order valence-electron chi connectivity index (χ2n) is 5.14. The molecule has 4 nitrogen and oxygen atoms in total. The van der Waals surface area contributed by atoms with Crippen LogP contribution in [0.2, 0.25) is 0 Å². The highest BCUT2D eigenvalue weighted by Crippen LogP contribution is 2.20. The maximum absolute atomic E-state index is 13.1. The molecule has 2 aromatic carbocycles. The number of nitrogens with one attached hydrogen (secondary N) is 1. The molecule has 0 aliphatic carbocycles. The number of rotatable bonds is 5. The summed E-state index contributed by atoms with van der Waals surface area (Å²) < 4.78 is 13.5. The van der Waals surface area contributed by atoms with E-state index in [1.165, 1.54) is 18.2 Å². The Labute approximate surface area is 148 Å². The maximum atomic E-state index is 13.1. The minimum atomic E-state index is -0.426. The van der Waals surface area contributed by atoms with Gasteiger partial charge in [-0.05, 0) is 66.2 Å². The normalized spacial score (nSPS) is 10.3. The van der Waals surface area contributed by atoms with Gasteiger partial charge >= 0.3 is 0 Å². The van der Waals surface area contributed by atoms with E-state index < -0.39 is 5.82 Å². The molecule has 0 saturated carbocycles. The van der Waals surface area contributed by atoms with Crippen LogP contribution < -0.4 is 5.32 Å². The fraction of sp³-hybridized carbons (Fsp3) is 0.222. The van der Waals surface area contributed by atoms with Gasteiger partial charge in [-0.15, -0.1) is 0 Å². The molecule has 24 heavy (non-hydrogen) atoms. The van der Waals surface area contributed by atoms with Gasteiger partial charge < -0.3 is 10.2 Å². The molecule has 0 atom stereocenters. The average molecular weight is 393 g/mol. The topological polar surface area (TPSA) is 49.4 Å². The van der Waals surface area contributed by atoms with E-state index in [9.17, 15) is 14.0 Å². The number of carbonyl (C=O) groups excluding carboxylic acids is 2. The number of halogens is 2. The Bertz CT molecular complexity index is 760. The lowest BCUT2D eigenvalue weighted by Crippen LogP contribution is -2.30. The summed E-state index contributed by atoms with van der Waals surface area (Å²) in [5.41, 5.74) is 1.33.